The first-order valence-corrected chi connectivity index (χ1v) is 13.9. The fourth-order valence-corrected chi connectivity index (χ4v) is 7.84. The molecular formula is C29H47N3S. The average Bonchev–Trinajstić information content (AvgIpc) is 2.77. The maximum atomic E-state index is 5.83. The minimum absolute atomic E-state index is 0.278. The van der Waals surface area contributed by atoms with E-state index in [9.17, 15) is 0 Å². The van der Waals surface area contributed by atoms with Crippen LogP contribution in [0.4, 0.5) is 0 Å². The minimum Gasteiger partial charge on any atom is -0.362 e. The molecule has 0 spiro atoms. The number of nitrogens with one attached hydrogen (secondary N) is 2. The number of likely N-dealkylation sites (N-methyl/N-ethyl adjacent to an activating group) is 1. The number of fused-ring (bicyclic) bond motifs is 3. The van der Waals surface area contributed by atoms with E-state index in [2.05, 4.69) is 75.5 Å². The molecule has 4 heteroatoms. The highest BCUT2D eigenvalue weighted by Gasteiger charge is 2.51. The molecule has 4 rings (SSSR count). The minimum atomic E-state index is 0.278. The molecule has 1 aromatic rings. The number of hydrogen-bond acceptors (Lipinski definition) is 2. The van der Waals surface area contributed by atoms with Crippen LogP contribution in [0.1, 0.15) is 102 Å². The molecule has 0 bridgehead atoms. The number of nitrogens with zero attached hydrogens (tertiary/aromatic N) is 1. The molecule has 3 unspecified atom stereocenters. The van der Waals surface area contributed by atoms with Gasteiger partial charge in [-0.25, -0.2) is 0 Å². The van der Waals surface area contributed by atoms with Gasteiger partial charge in [0.2, 0.25) is 0 Å². The molecule has 3 aliphatic carbocycles. The van der Waals surface area contributed by atoms with Crippen molar-refractivity contribution in [2.45, 2.75) is 109 Å². The van der Waals surface area contributed by atoms with Gasteiger partial charge in [0, 0.05) is 18.6 Å². The van der Waals surface area contributed by atoms with E-state index in [1.165, 1.54) is 63.4 Å². The third-order valence-corrected chi connectivity index (χ3v) is 9.79. The second-order valence-corrected chi connectivity index (χ2v) is 12.7. The molecule has 2 N–H and O–H groups in total. The molecule has 0 heterocycles. The summed E-state index contributed by atoms with van der Waals surface area (Å²) in [5.74, 6) is 1.31. The molecular weight excluding hydrogens is 422 g/mol. The molecule has 184 valence electrons. The number of aryl methyl sites for hydroxylation is 1. The van der Waals surface area contributed by atoms with Gasteiger partial charge in [-0.05, 0) is 104 Å². The molecule has 0 amide bonds. The molecule has 0 aliphatic heterocycles. The van der Waals surface area contributed by atoms with Crippen molar-refractivity contribution in [3.05, 3.63) is 34.9 Å². The molecule has 3 aliphatic rings. The lowest BCUT2D eigenvalue weighted by Gasteiger charge is -2.55. The maximum absolute atomic E-state index is 5.83. The highest BCUT2D eigenvalue weighted by Crippen LogP contribution is 2.57. The Morgan fingerprint density at radius 1 is 1.09 bits per heavy atom. The van der Waals surface area contributed by atoms with Gasteiger partial charge < -0.3 is 15.5 Å². The highest BCUT2D eigenvalue weighted by atomic mass is 32.1. The van der Waals surface area contributed by atoms with Crippen LogP contribution >= 0.6 is 12.2 Å². The first-order chi connectivity index (χ1) is 15.6. The van der Waals surface area contributed by atoms with Gasteiger partial charge >= 0.3 is 0 Å². The maximum Gasteiger partial charge on any atom is 0.166 e. The fourth-order valence-electron chi connectivity index (χ4n) is 7.61. The monoisotopic (exact) mass is 469 g/mol. The van der Waals surface area contributed by atoms with Gasteiger partial charge in [0.25, 0.3) is 0 Å². The van der Waals surface area contributed by atoms with Crippen molar-refractivity contribution in [3.63, 3.8) is 0 Å². The molecule has 0 radical (unpaired) electrons. The van der Waals surface area contributed by atoms with Crippen molar-refractivity contribution >= 4 is 17.3 Å². The second-order valence-electron chi connectivity index (χ2n) is 12.3. The summed E-state index contributed by atoms with van der Waals surface area (Å²) in [6.45, 7) is 10.7. The van der Waals surface area contributed by atoms with Crippen LogP contribution < -0.4 is 10.6 Å². The lowest BCUT2D eigenvalue weighted by atomic mass is 9.49. The van der Waals surface area contributed by atoms with Crippen LogP contribution in [-0.4, -0.2) is 42.7 Å². The summed E-state index contributed by atoms with van der Waals surface area (Å²) >= 11 is 5.83. The van der Waals surface area contributed by atoms with Crippen LogP contribution in [0.25, 0.3) is 0 Å². The topological polar surface area (TPSA) is 27.3 Å². The lowest BCUT2D eigenvalue weighted by molar-refractivity contribution is 0.0291. The Hall–Kier alpha value is -1.13. The number of hydrogen-bond donors (Lipinski definition) is 2. The predicted molar refractivity (Wildman–Crippen MR) is 145 cm³/mol. The standard InChI is InChI=1S/C29H47N3S/c1-20(2)21-12-14-23-22(18-21)13-15-26-28(3,16-9-17-29(23,26)4)19-30-27(33)31-24-10-7-8-11-25(24)32(5)6/h12,14,18,20,24-26H,7-11,13,15-17,19H2,1-6H3,(H2,30,31,33)/t24?,25?,26?,28-,29+/m0/s1. The zero-order valence-corrected chi connectivity index (χ0v) is 22.8. The number of rotatable bonds is 5. The first kappa shape index (κ1) is 25.0. The molecule has 2 saturated carbocycles. The van der Waals surface area contributed by atoms with E-state index >= 15 is 0 Å². The van der Waals surface area contributed by atoms with Crippen LogP contribution in [0, 0.1) is 11.3 Å². The van der Waals surface area contributed by atoms with Crippen molar-refractivity contribution in [1.82, 2.24) is 15.5 Å². The predicted octanol–water partition coefficient (Wildman–Crippen LogP) is 6.16. The largest absolute Gasteiger partial charge is 0.362 e. The van der Waals surface area contributed by atoms with Crippen molar-refractivity contribution in [2.75, 3.05) is 20.6 Å². The Balaban J connectivity index is 1.45. The third-order valence-electron chi connectivity index (χ3n) is 9.53. The molecule has 0 aromatic heterocycles. The van der Waals surface area contributed by atoms with E-state index in [4.69, 9.17) is 12.2 Å². The van der Waals surface area contributed by atoms with Gasteiger partial charge in [-0.15, -0.1) is 0 Å². The van der Waals surface area contributed by atoms with Gasteiger partial charge in [-0.1, -0.05) is 65.2 Å². The molecule has 1 aromatic carbocycles. The Kier molecular flexibility index (Phi) is 7.46. The van der Waals surface area contributed by atoms with Crippen LogP contribution in [-0.2, 0) is 11.8 Å². The van der Waals surface area contributed by atoms with Gasteiger partial charge in [0.05, 0.1) is 0 Å². The Morgan fingerprint density at radius 2 is 1.85 bits per heavy atom. The lowest BCUT2D eigenvalue weighted by Crippen LogP contribution is -2.56. The van der Waals surface area contributed by atoms with Gasteiger partial charge in [-0.2, -0.15) is 0 Å². The van der Waals surface area contributed by atoms with E-state index in [1.807, 2.05) is 0 Å². The average molecular weight is 470 g/mol. The molecule has 5 atom stereocenters. The Bertz CT molecular complexity index is 849. The summed E-state index contributed by atoms with van der Waals surface area (Å²) in [6, 6.07) is 8.43. The fraction of sp³-hybridized carbons (Fsp3) is 0.759. The molecule has 33 heavy (non-hydrogen) atoms. The van der Waals surface area contributed by atoms with Crippen molar-refractivity contribution in [2.24, 2.45) is 11.3 Å². The smallest absolute Gasteiger partial charge is 0.166 e. The zero-order valence-electron chi connectivity index (χ0n) is 22.0. The van der Waals surface area contributed by atoms with Gasteiger partial charge in [0.15, 0.2) is 5.11 Å². The zero-order chi connectivity index (χ0) is 23.8. The third kappa shape index (κ3) is 4.98. The van der Waals surface area contributed by atoms with E-state index in [0.717, 1.165) is 11.7 Å². The van der Waals surface area contributed by atoms with E-state index in [-0.39, 0.29) is 10.8 Å². The van der Waals surface area contributed by atoms with Crippen molar-refractivity contribution in [1.29, 1.82) is 0 Å². The van der Waals surface area contributed by atoms with Gasteiger partial charge in [-0.3, -0.25) is 0 Å². The van der Waals surface area contributed by atoms with E-state index in [0.29, 0.717) is 23.9 Å². The van der Waals surface area contributed by atoms with Crippen LogP contribution in [0.5, 0.6) is 0 Å². The first-order valence-electron chi connectivity index (χ1n) is 13.5. The summed E-state index contributed by atoms with van der Waals surface area (Å²) in [4.78, 5) is 2.37. The summed E-state index contributed by atoms with van der Waals surface area (Å²) in [6.07, 6.45) is 11.6. The SMILES string of the molecule is CC(C)c1ccc2c(c1)CCC1[C@](C)(CNC(=S)NC3CCCCC3N(C)C)CCC[C@]21C. The Labute approximate surface area is 208 Å². The Morgan fingerprint density at radius 3 is 2.58 bits per heavy atom. The van der Waals surface area contributed by atoms with Crippen molar-refractivity contribution < 1.29 is 0 Å². The molecule has 0 saturated heterocycles. The van der Waals surface area contributed by atoms with E-state index in [1.54, 1.807) is 11.1 Å². The molecule has 2 fully saturated rings. The number of thiocarbonyl (C=S) groups is 1. The summed E-state index contributed by atoms with van der Waals surface area (Å²) in [7, 11) is 4.41. The summed E-state index contributed by atoms with van der Waals surface area (Å²) in [5, 5.41) is 8.26. The summed E-state index contributed by atoms with van der Waals surface area (Å²) < 4.78 is 0. The van der Waals surface area contributed by atoms with Crippen LogP contribution in [0.15, 0.2) is 18.2 Å². The van der Waals surface area contributed by atoms with Gasteiger partial charge in [0.1, 0.15) is 0 Å². The normalized spacial score (nSPS) is 34.0. The van der Waals surface area contributed by atoms with Crippen molar-refractivity contribution in [3.8, 4) is 0 Å². The number of benzene rings is 1. The van der Waals surface area contributed by atoms with Crippen LogP contribution in [0.3, 0.4) is 0 Å². The second kappa shape index (κ2) is 9.85. The van der Waals surface area contributed by atoms with Crippen LogP contribution in [0.2, 0.25) is 0 Å². The van der Waals surface area contributed by atoms with E-state index < -0.39 is 0 Å². The quantitative estimate of drug-likeness (QED) is 0.505. The highest BCUT2D eigenvalue weighted by molar-refractivity contribution is 7.80. The summed E-state index contributed by atoms with van der Waals surface area (Å²) in [5.41, 5.74) is 5.30. The molecule has 3 nitrogen and oxygen atoms in total.